The van der Waals surface area contributed by atoms with Crippen molar-refractivity contribution in [2.45, 2.75) is 32.0 Å². The predicted molar refractivity (Wildman–Crippen MR) is 79.4 cm³/mol. The molecule has 2 N–H and O–H groups in total. The Hall–Kier alpha value is -1.64. The van der Waals surface area contributed by atoms with E-state index in [4.69, 9.17) is 0 Å². The minimum Gasteiger partial charge on any atom is -0.389 e. The zero-order valence-corrected chi connectivity index (χ0v) is 11.9. The van der Waals surface area contributed by atoms with Crippen LogP contribution in [0.3, 0.4) is 0 Å². The molecule has 1 aliphatic carbocycles. The standard InChI is InChI=1S/C18H20O2/c1-17(2)12-13-8-6-7-11-15(13)18(20,16(17)19)14-9-4-3-5-10-14/h3-11,16,19-20H,12H2,1-2H3/t16-,18+/m0/s1. The molecule has 0 unspecified atom stereocenters. The lowest BCUT2D eigenvalue weighted by Crippen LogP contribution is -2.53. The maximum Gasteiger partial charge on any atom is 0.141 e. The molecule has 20 heavy (non-hydrogen) atoms. The Morgan fingerprint density at radius 2 is 1.55 bits per heavy atom. The molecule has 0 bridgehead atoms. The average molecular weight is 268 g/mol. The van der Waals surface area contributed by atoms with Crippen LogP contribution in [0.15, 0.2) is 54.6 Å². The second-order valence-electron chi connectivity index (χ2n) is 6.36. The highest BCUT2D eigenvalue weighted by molar-refractivity contribution is 5.45. The summed E-state index contributed by atoms with van der Waals surface area (Å²) in [5, 5.41) is 22.2. The van der Waals surface area contributed by atoms with Gasteiger partial charge in [-0.2, -0.15) is 0 Å². The third-order valence-electron chi connectivity index (χ3n) is 4.42. The number of hydrogen-bond acceptors (Lipinski definition) is 2. The van der Waals surface area contributed by atoms with E-state index in [-0.39, 0.29) is 5.41 Å². The molecule has 0 heterocycles. The summed E-state index contributed by atoms with van der Waals surface area (Å²) in [6, 6.07) is 17.3. The van der Waals surface area contributed by atoms with Crippen molar-refractivity contribution >= 4 is 0 Å². The first-order chi connectivity index (χ1) is 9.46. The monoisotopic (exact) mass is 268 g/mol. The molecular weight excluding hydrogens is 248 g/mol. The Morgan fingerprint density at radius 1 is 0.950 bits per heavy atom. The molecule has 0 spiro atoms. The van der Waals surface area contributed by atoms with Crippen molar-refractivity contribution in [3.63, 3.8) is 0 Å². The molecule has 2 heteroatoms. The lowest BCUT2D eigenvalue weighted by atomic mass is 9.62. The second kappa shape index (κ2) is 4.44. The van der Waals surface area contributed by atoms with Crippen LogP contribution in [-0.4, -0.2) is 16.3 Å². The molecule has 0 saturated heterocycles. The minimum absolute atomic E-state index is 0.376. The van der Waals surface area contributed by atoms with E-state index in [0.29, 0.717) is 0 Å². The van der Waals surface area contributed by atoms with E-state index in [2.05, 4.69) is 0 Å². The minimum atomic E-state index is -1.35. The van der Waals surface area contributed by atoms with Gasteiger partial charge in [0.25, 0.3) is 0 Å². The Bertz CT molecular complexity index is 618. The van der Waals surface area contributed by atoms with Gasteiger partial charge in [-0.15, -0.1) is 0 Å². The van der Waals surface area contributed by atoms with Crippen LogP contribution in [0.2, 0.25) is 0 Å². The van der Waals surface area contributed by atoms with Crippen LogP contribution in [-0.2, 0) is 12.0 Å². The molecule has 2 nitrogen and oxygen atoms in total. The lowest BCUT2D eigenvalue weighted by Gasteiger charge is -2.47. The molecule has 104 valence electrons. The van der Waals surface area contributed by atoms with Crippen molar-refractivity contribution in [2.75, 3.05) is 0 Å². The van der Waals surface area contributed by atoms with E-state index < -0.39 is 11.7 Å². The van der Waals surface area contributed by atoms with Gasteiger partial charge in [-0.3, -0.25) is 0 Å². The lowest BCUT2D eigenvalue weighted by molar-refractivity contribution is -0.115. The van der Waals surface area contributed by atoms with Gasteiger partial charge in [0.15, 0.2) is 0 Å². The summed E-state index contributed by atoms with van der Waals surface area (Å²) in [6.45, 7) is 4.00. The summed E-state index contributed by atoms with van der Waals surface area (Å²) in [4.78, 5) is 0. The van der Waals surface area contributed by atoms with Crippen molar-refractivity contribution in [1.29, 1.82) is 0 Å². The van der Waals surface area contributed by atoms with Gasteiger partial charge in [-0.1, -0.05) is 68.4 Å². The zero-order valence-electron chi connectivity index (χ0n) is 11.9. The molecule has 0 saturated carbocycles. The highest BCUT2D eigenvalue weighted by Crippen LogP contribution is 2.47. The van der Waals surface area contributed by atoms with Crippen LogP contribution >= 0.6 is 0 Å². The number of aliphatic hydroxyl groups excluding tert-OH is 1. The molecule has 2 aromatic rings. The molecule has 0 amide bonds. The molecular formula is C18H20O2. The number of fused-ring (bicyclic) bond motifs is 1. The van der Waals surface area contributed by atoms with Gasteiger partial charge in [0.2, 0.25) is 0 Å². The van der Waals surface area contributed by atoms with Gasteiger partial charge >= 0.3 is 0 Å². The molecule has 3 rings (SSSR count). The topological polar surface area (TPSA) is 40.5 Å². The van der Waals surface area contributed by atoms with Crippen LogP contribution in [0, 0.1) is 5.41 Å². The molecule has 0 aliphatic heterocycles. The summed E-state index contributed by atoms with van der Waals surface area (Å²) < 4.78 is 0. The highest BCUT2D eigenvalue weighted by Gasteiger charge is 2.51. The van der Waals surface area contributed by atoms with E-state index in [0.717, 1.165) is 23.1 Å². The van der Waals surface area contributed by atoms with Crippen molar-refractivity contribution < 1.29 is 10.2 Å². The molecule has 2 aromatic carbocycles. The first-order valence-corrected chi connectivity index (χ1v) is 7.00. The van der Waals surface area contributed by atoms with Gasteiger partial charge < -0.3 is 10.2 Å². The molecule has 0 aromatic heterocycles. The quantitative estimate of drug-likeness (QED) is 0.835. The predicted octanol–water partition coefficient (Wildman–Crippen LogP) is 2.87. The van der Waals surface area contributed by atoms with Crippen molar-refractivity contribution in [2.24, 2.45) is 5.41 Å². The molecule has 0 fully saturated rings. The van der Waals surface area contributed by atoms with Crippen LogP contribution < -0.4 is 0 Å². The fraction of sp³-hybridized carbons (Fsp3) is 0.333. The fourth-order valence-corrected chi connectivity index (χ4v) is 3.35. The Balaban J connectivity index is 2.27. The highest BCUT2D eigenvalue weighted by atomic mass is 16.3. The van der Waals surface area contributed by atoms with Gasteiger partial charge in [0.1, 0.15) is 5.60 Å². The Morgan fingerprint density at radius 3 is 2.25 bits per heavy atom. The van der Waals surface area contributed by atoms with Gasteiger partial charge in [0.05, 0.1) is 6.10 Å². The maximum absolute atomic E-state index is 11.3. The number of benzene rings is 2. The third kappa shape index (κ3) is 1.80. The summed E-state index contributed by atoms with van der Waals surface area (Å²) in [5.74, 6) is 0. The van der Waals surface area contributed by atoms with E-state index in [1.165, 1.54) is 0 Å². The molecule has 0 radical (unpaired) electrons. The first kappa shape index (κ1) is 13.3. The average Bonchev–Trinajstić information content (AvgIpc) is 2.46. The van der Waals surface area contributed by atoms with Crippen LogP contribution in [0.4, 0.5) is 0 Å². The second-order valence-corrected chi connectivity index (χ2v) is 6.36. The summed E-state index contributed by atoms with van der Waals surface area (Å²) in [6.07, 6.45) is -0.0771. The number of hydrogen-bond donors (Lipinski definition) is 2. The van der Waals surface area contributed by atoms with Gasteiger partial charge in [-0.25, -0.2) is 0 Å². The summed E-state index contributed by atoms with van der Waals surface area (Å²) >= 11 is 0. The van der Waals surface area contributed by atoms with Crippen molar-refractivity contribution in [1.82, 2.24) is 0 Å². The van der Waals surface area contributed by atoms with Crippen molar-refractivity contribution in [3.05, 3.63) is 71.3 Å². The molecule has 1 aliphatic rings. The van der Waals surface area contributed by atoms with Gasteiger partial charge in [-0.05, 0) is 28.5 Å². The molecule has 2 atom stereocenters. The van der Waals surface area contributed by atoms with E-state index in [9.17, 15) is 10.2 Å². The third-order valence-corrected chi connectivity index (χ3v) is 4.42. The van der Waals surface area contributed by atoms with Crippen LogP contribution in [0.25, 0.3) is 0 Å². The summed E-state index contributed by atoms with van der Waals surface area (Å²) in [5.41, 5.74) is 0.943. The zero-order chi connectivity index (χ0) is 14.4. The van der Waals surface area contributed by atoms with Gasteiger partial charge in [0, 0.05) is 0 Å². The summed E-state index contributed by atoms with van der Waals surface area (Å²) in [7, 11) is 0. The SMILES string of the molecule is CC1(C)Cc2ccccc2[C@](O)(c2ccccc2)[C@H]1O. The first-order valence-electron chi connectivity index (χ1n) is 7.00. The van der Waals surface area contributed by atoms with E-state index in [1.54, 1.807) is 0 Å². The van der Waals surface area contributed by atoms with Crippen LogP contribution in [0.5, 0.6) is 0 Å². The number of aliphatic hydroxyl groups is 2. The van der Waals surface area contributed by atoms with E-state index >= 15 is 0 Å². The number of rotatable bonds is 1. The van der Waals surface area contributed by atoms with E-state index in [1.807, 2.05) is 68.4 Å². The van der Waals surface area contributed by atoms with Crippen molar-refractivity contribution in [3.8, 4) is 0 Å². The largest absolute Gasteiger partial charge is 0.389 e. The normalized spacial score (nSPS) is 27.9. The Labute approximate surface area is 119 Å². The smallest absolute Gasteiger partial charge is 0.141 e. The maximum atomic E-state index is 11.3. The Kier molecular flexibility index (Phi) is 2.96. The van der Waals surface area contributed by atoms with Crippen LogP contribution in [0.1, 0.15) is 30.5 Å². The fourth-order valence-electron chi connectivity index (χ4n) is 3.35.